The molecule has 3 aliphatic rings. The van der Waals surface area contributed by atoms with Crippen LogP contribution in [-0.4, -0.2) is 52.7 Å². The molecule has 1 saturated carbocycles. The first kappa shape index (κ1) is 20.8. The van der Waals surface area contributed by atoms with Gasteiger partial charge in [-0.2, -0.15) is 5.10 Å². The zero-order valence-electron chi connectivity index (χ0n) is 18.8. The van der Waals surface area contributed by atoms with Crippen molar-refractivity contribution >= 4 is 11.6 Å². The predicted octanol–water partition coefficient (Wildman–Crippen LogP) is 0.747. The van der Waals surface area contributed by atoms with Gasteiger partial charge in [0.1, 0.15) is 29.3 Å². The van der Waals surface area contributed by atoms with E-state index in [1.54, 1.807) is 60.5 Å². The maximum absolute atomic E-state index is 14.8. The second-order valence-electron chi connectivity index (χ2n) is 8.88. The lowest BCUT2D eigenvalue weighted by atomic mass is 10.0. The molecule has 1 N–H and O–H groups in total. The highest BCUT2D eigenvalue weighted by Gasteiger charge is 2.64. The largest absolute Gasteiger partial charge is 0.495 e. The number of ether oxygens (including phenoxy) is 2. The summed E-state index contributed by atoms with van der Waals surface area (Å²) in [4.78, 5) is 22.5. The molecule has 2 fully saturated rings. The number of aryl methyl sites for hydroxylation is 1. The Bertz CT molecular complexity index is 1440. The summed E-state index contributed by atoms with van der Waals surface area (Å²) in [6, 6.07) is 8.28. The second-order valence-corrected chi connectivity index (χ2v) is 8.88. The zero-order valence-corrected chi connectivity index (χ0v) is 18.8. The van der Waals surface area contributed by atoms with Crippen LogP contribution < -0.4 is 20.9 Å². The maximum atomic E-state index is 14.8. The summed E-state index contributed by atoms with van der Waals surface area (Å²) >= 11 is 0. The predicted molar refractivity (Wildman–Crippen MR) is 119 cm³/mol. The van der Waals surface area contributed by atoms with Crippen molar-refractivity contribution in [2.45, 2.75) is 6.42 Å². The van der Waals surface area contributed by atoms with Gasteiger partial charge in [0.15, 0.2) is 0 Å². The van der Waals surface area contributed by atoms with Crippen molar-refractivity contribution in [1.82, 2.24) is 25.2 Å². The van der Waals surface area contributed by atoms with Crippen molar-refractivity contribution in [3.8, 4) is 17.0 Å². The fourth-order valence-electron chi connectivity index (χ4n) is 4.81. The van der Waals surface area contributed by atoms with Gasteiger partial charge in [-0.05, 0) is 18.6 Å². The third-order valence-corrected chi connectivity index (χ3v) is 6.77. The van der Waals surface area contributed by atoms with E-state index < -0.39 is 5.41 Å². The number of carbonyl (C=O) groups excluding carboxylic acids is 1. The van der Waals surface area contributed by atoms with Crippen molar-refractivity contribution < 1.29 is 18.7 Å². The van der Waals surface area contributed by atoms with Crippen LogP contribution in [0.25, 0.3) is 17.0 Å². The van der Waals surface area contributed by atoms with E-state index in [2.05, 4.69) is 20.5 Å². The Kier molecular flexibility index (Phi) is 4.66. The molecular weight excluding hydrogens is 439 g/mol. The first-order valence-electron chi connectivity index (χ1n) is 11.0. The Morgan fingerprint density at radius 3 is 2.91 bits per heavy atom. The summed E-state index contributed by atoms with van der Waals surface area (Å²) in [6.45, 7) is 1.19. The molecule has 10 heteroatoms. The Morgan fingerprint density at radius 2 is 2.18 bits per heavy atom. The molecule has 0 spiro atoms. The first-order valence-corrected chi connectivity index (χ1v) is 11.0. The van der Waals surface area contributed by atoms with Crippen LogP contribution in [-0.2, 0) is 16.6 Å². The van der Waals surface area contributed by atoms with Crippen LogP contribution in [0.1, 0.15) is 12.0 Å². The number of hydrogen-bond donors (Lipinski definition) is 1. The monoisotopic (exact) mass is 462 g/mol. The molecule has 6 rings (SSSR count). The fraction of sp³-hybridized carbons (Fsp3) is 0.333. The van der Waals surface area contributed by atoms with Crippen molar-refractivity contribution in [3.63, 3.8) is 0 Å². The molecule has 0 bridgehead atoms. The number of hydrazine groups is 1. The zero-order chi connectivity index (χ0) is 23.4. The number of halogens is 1. The molecule has 3 aromatic rings. The Morgan fingerprint density at radius 1 is 1.32 bits per heavy atom. The molecule has 174 valence electrons. The summed E-state index contributed by atoms with van der Waals surface area (Å²) < 4.78 is 27.2. The van der Waals surface area contributed by atoms with E-state index in [0.717, 1.165) is 6.42 Å². The number of aromatic nitrogens is 3. The normalized spacial score (nSPS) is 22.6. The third-order valence-electron chi connectivity index (χ3n) is 6.77. The molecule has 34 heavy (non-hydrogen) atoms. The number of fused-ring (bicyclic) bond motifs is 2. The van der Waals surface area contributed by atoms with E-state index in [9.17, 15) is 9.18 Å². The highest BCUT2D eigenvalue weighted by molar-refractivity contribution is 5.87. The van der Waals surface area contributed by atoms with Crippen molar-refractivity contribution in [2.24, 2.45) is 23.4 Å². The van der Waals surface area contributed by atoms with Crippen LogP contribution in [0.4, 0.5) is 4.39 Å². The fourth-order valence-corrected chi connectivity index (χ4v) is 4.81. The lowest BCUT2D eigenvalue weighted by Gasteiger charge is -2.29. The lowest BCUT2D eigenvalue weighted by Crippen LogP contribution is -2.52. The minimum Gasteiger partial charge on any atom is -0.495 e. The third kappa shape index (κ3) is 3.17. The van der Waals surface area contributed by atoms with Gasteiger partial charge >= 0.3 is 0 Å². The minimum atomic E-state index is -0.484. The SMILES string of the molecule is COc1cnc2c(c1)=NCN(NC(=O)C13COCC1C3)C=2c1cn(C)nc1-c1ccccc1F. The van der Waals surface area contributed by atoms with E-state index >= 15 is 0 Å². The van der Waals surface area contributed by atoms with Crippen LogP contribution in [0.2, 0.25) is 0 Å². The number of carbonyl (C=O) groups is 1. The van der Waals surface area contributed by atoms with Crippen LogP contribution in [0.15, 0.2) is 47.7 Å². The Balaban J connectivity index is 1.52. The van der Waals surface area contributed by atoms with Gasteiger partial charge < -0.3 is 9.47 Å². The van der Waals surface area contributed by atoms with Crippen LogP contribution in [0.3, 0.4) is 0 Å². The van der Waals surface area contributed by atoms with Gasteiger partial charge in [0.2, 0.25) is 5.91 Å². The molecular formula is C24H23FN6O3. The summed E-state index contributed by atoms with van der Waals surface area (Å²) in [7, 11) is 3.34. The smallest absolute Gasteiger partial charge is 0.247 e. The summed E-state index contributed by atoms with van der Waals surface area (Å²) in [6.07, 6.45) is 4.21. The van der Waals surface area contributed by atoms with Crippen molar-refractivity contribution in [1.29, 1.82) is 0 Å². The quantitative estimate of drug-likeness (QED) is 0.602. The van der Waals surface area contributed by atoms with E-state index in [1.165, 1.54) is 6.07 Å². The van der Waals surface area contributed by atoms with E-state index in [0.29, 0.717) is 52.2 Å². The average Bonchev–Trinajstić information content (AvgIpc) is 3.19. The number of pyridine rings is 1. The summed E-state index contributed by atoms with van der Waals surface area (Å²) in [5.74, 6) is 0.336. The number of nitrogens with zero attached hydrogens (tertiary/aromatic N) is 5. The van der Waals surface area contributed by atoms with Gasteiger partial charge in [-0.15, -0.1) is 0 Å². The van der Waals surface area contributed by atoms with Gasteiger partial charge in [0.25, 0.3) is 0 Å². The van der Waals surface area contributed by atoms with Crippen molar-refractivity contribution in [3.05, 3.63) is 64.8 Å². The number of methoxy groups -OCH3 is 1. The molecule has 2 aromatic heterocycles. The number of benzene rings is 1. The molecule has 2 atom stereocenters. The molecule has 0 radical (unpaired) electrons. The molecule has 1 saturated heterocycles. The second kappa shape index (κ2) is 7.63. The van der Waals surface area contributed by atoms with Crippen LogP contribution in [0.5, 0.6) is 5.75 Å². The molecule has 1 aromatic carbocycles. The van der Waals surface area contributed by atoms with Gasteiger partial charge in [0.05, 0.1) is 43.0 Å². The molecule has 2 unspecified atom stereocenters. The number of nitrogens with one attached hydrogen (secondary N) is 1. The van der Waals surface area contributed by atoms with E-state index in [4.69, 9.17) is 9.47 Å². The topological polar surface area (TPSA) is 93.9 Å². The van der Waals surface area contributed by atoms with E-state index in [1.807, 2.05) is 0 Å². The average molecular weight is 462 g/mol. The number of amides is 1. The first-order chi connectivity index (χ1) is 16.5. The molecule has 2 aliphatic heterocycles. The maximum Gasteiger partial charge on any atom is 0.247 e. The van der Waals surface area contributed by atoms with Gasteiger partial charge in [-0.1, -0.05) is 12.1 Å². The highest BCUT2D eigenvalue weighted by Crippen LogP contribution is 2.57. The Hall–Kier alpha value is -3.79. The Labute approximate surface area is 194 Å². The summed E-state index contributed by atoms with van der Waals surface area (Å²) in [5.41, 5.74) is 4.60. The number of rotatable bonds is 5. The summed E-state index contributed by atoms with van der Waals surface area (Å²) in [5, 5.41) is 7.39. The van der Waals surface area contributed by atoms with Gasteiger partial charge in [0, 0.05) is 36.4 Å². The minimum absolute atomic E-state index is 0.101. The van der Waals surface area contributed by atoms with Gasteiger partial charge in [-0.25, -0.2) is 9.37 Å². The molecule has 4 heterocycles. The molecule has 9 nitrogen and oxygen atoms in total. The molecule has 1 amide bonds. The lowest BCUT2D eigenvalue weighted by molar-refractivity contribution is -0.130. The van der Waals surface area contributed by atoms with Crippen molar-refractivity contribution in [2.75, 3.05) is 27.0 Å². The van der Waals surface area contributed by atoms with Gasteiger partial charge in [-0.3, -0.25) is 24.9 Å². The van der Waals surface area contributed by atoms with Crippen LogP contribution in [0, 0.1) is 17.2 Å². The highest BCUT2D eigenvalue weighted by atomic mass is 19.1. The number of hydrogen-bond acceptors (Lipinski definition) is 7. The molecule has 1 aliphatic carbocycles. The van der Waals surface area contributed by atoms with Crippen LogP contribution >= 0.6 is 0 Å². The van der Waals surface area contributed by atoms with E-state index in [-0.39, 0.29) is 24.3 Å². The standard InChI is InChI=1S/C24H23FN6O3/c1-30-10-17(20(28-30)16-5-3-4-6-18(16)25)22-21-19(7-15(33-2)9-26-21)27-13-31(22)29-23(32)24-8-14(24)11-34-12-24/h3-7,9-10,14H,8,11-13H2,1-2H3,(H,29,32).